The van der Waals surface area contributed by atoms with Gasteiger partial charge in [-0.1, -0.05) is 30.3 Å². The fourth-order valence-corrected chi connectivity index (χ4v) is 2.23. The maximum atomic E-state index is 11.2. The van der Waals surface area contributed by atoms with E-state index in [-0.39, 0.29) is 10.6 Å². The quantitative estimate of drug-likeness (QED) is 0.619. The van der Waals surface area contributed by atoms with E-state index in [1.54, 1.807) is 18.6 Å². The fourth-order valence-electron chi connectivity index (χ4n) is 2.23. The molecule has 1 aliphatic rings. The van der Waals surface area contributed by atoms with E-state index in [0.29, 0.717) is 12.5 Å². The van der Waals surface area contributed by atoms with E-state index in [1.165, 1.54) is 0 Å². The van der Waals surface area contributed by atoms with E-state index >= 15 is 0 Å². The minimum absolute atomic E-state index is 0.193. The molecule has 5 nitrogen and oxygen atoms in total. The van der Waals surface area contributed by atoms with Gasteiger partial charge in [-0.25, -0.2) is 4.98 Å². The molecule has 0 aliphatic heterocycles. The Morgan fingerprint density at radius 3 is 2.80 bits per heavy atom. The van der Waals surface area contributed by atoms with Crippen LogP contribution in [0.5, 0.6) is 0 Å². The maximum Gasteiger partial charge on any atom is 0.252 e. The molecule has 0 amide bonds. The SMILES string of the molecule is O=[N+]([O-])C(=Cc1cncn1C1CC1)Cc1ccccc1. The molecule has 0 radical (unpaired) electrons. The summed E-state index contributed by atoms with van der Waals surface area (Å²) in [7, 11) is 0. The van der Waals surface area contributed by atoms with Crippen molar-refractivity contribution in [3.63, 3.8) is 0 Å². The summed E-state index contributed by atoms with van der Waals surface area (Å²) in [6.07, 6.45) is 7.66. The first-order valence-corrected chi connectivity index (χ1v) is 6.65. The lowest BCUT2D eigenvalue weighted by molar-refractivity contribution is -0.425. The summed E-state index contributed by atoms with van der Waals surface area (Å²) < 4.78 is 2.02. The number of aromatic nitrogens is 2. The molecule has 0 saturated heterocycles. The smallest absolute Gasteiger partial charge is 0.252 e. The van der Waals surface area contributed by atoms with Crippen LogP contribution in [0.2, 0.25) is 0 Å². The van der Waals surface area contributed by atoms with Gasteiger partial charge < -0.3 is 4.57 Å². The van der Waals surface area contributed by atoms with Crippen LogP contribution >= 0.6 is 0 Å². The van der Waals surface area contributed by atoms with Crippen molar-refractivity contribution in [3.05, 3.63) is 69.9 Å². The molecule has 1 saturated carbocycles. The summed E-state index contributed by atoms with van der Waals surface area (Å²) in [5, 5.41) is 11.2. The number of nitro groups is 1. The van der Waals surface area contributed by atoms with Gasteiger partial charge in [-0.05, 0) is 18.4 Å². The van der Waals surface area contributed by atoms with Gasteiger partial charge in [-0.3, -0.25) is 10.1 Å². The molecule has 5 heteroatoms. The summed E-state index contributed by atoms with van der Waals surface area (Å²) in [5.41, 5.74) is 1.95. The fraction of sp³-hybridized carbons (Fsp3) is 0.267. The standard InChI is InChI=1S/C15H15N3O2/c19-18(20)14(8-12-4-2-1-3-5-12)9-15-10-16-11-17(15)13-6-7-13/h1-5,9-11,13H,6-8H2. The second kappa shape index (κ2) is 5.28. The van der Waals surface area contributed by atoms with Crippen LogP contribution in [0.4, 0.5) is 0 Å². The third-order valence-corrected chi connectivity index (χ3v) is 3.41. The van der Waals surface area contributed by atoms with Crippen LogP contribution in [0, 0.1) is 10.1 Å². The Labute approximate surface area is 116 Å². The van der Waals surface area contributed by atoms with Crippen LogP contribution < -0.4 is 0 Å². The molecule has 102 valence electrons. The second-order valence-electron chi connectivity index (χ2n) is 5.01. The van der Waals surface area contributed by atoms with Gasteiger partial charge in [0.15, 0.2) is 0 Å². The largest absolute Gasteiger partial charge is 0.328 e. The first-order valence-electron chi connectivity index (χ1n) is 6.65. The third-order valence-electron chi connectivity index (χ3n) is 3.41. The highest BCUT2D eigenvalue weighted by Gasteiger charge is 2.25. The molecule has 20 heavy (non-hydrogen) atoms. The number of benzene rings is 1. The maximum absolute atomic E-state index is 11.2. The first-order chi connectivity index (χ1) is 9.74. The van der Waals surface area contributed by atoms with Crippen molar-refractivity contribution in [3.8, 4) is 0 Å². The van der Waals surface area contributed by atoms with Crippen LogP contribution in [0.15, 0.2) is 48.6 Å². The Kier molecular flexibility index (Phi) is 3.33. The van der Waals surface area contributed by atoms with Crippen molar-refractivity contribution >= 4 is 6.08 Å². The molecule has 0 spiro atoms. The molecule has 0 atom stereocenters. The molecule has 1 aromatic heterocycles. The number of rotatable bonds is 5. The highest BCUT2D eigenvalue weighted by Crippen LogP contribution is 2.36. The molecular weight excluding hydrogens is 254 g/mol. The summed E-state index contributed by atoms with van der Waals surface area (Å²) in [4.78, 5) is 15.0. The zero-order chi connectivity index (χ0) is 13.9. The molecule has 1 heterocycles. The number of imidazole rings is 1. The number of hydrogen-bond acceptors (Lipinski definition) is 3. The van der Waals surface area contributed by atoms with Gasteiger partial charge in [0.1, 0.15) is 0 Å². The topological polar surface area (TPSA) is 61.0 Å². The lowest BCUT2D eigenvalue weighted by atomic mass is 10.1. The molecular formula is C15H15N3O2. The average Bonchev–Trinajstić information content (AvgIpc) is 3.19. The molecule has 1 fully saturated rings. The van der Waals surface area contributed by atoms with Gasteiger partial charge in [0.2, 0.25) is 0 Å². The molecule has 0 bridgehead atoms. The van der Waals surface area contributed by atoms with E-state index in [0.717, 1.165) is 24.1 Å². The molecule has 0 unspecified atom stereocenters. The predicted octanol–water partition coefficient (Wildman–Crippen LogP) is 3.08. The Morgan fingerprint density at radius 1 is 1.40 bits per heavy atom. The van der Waals surface area contributed by atoms with Crippen molar-refractivity contribution in [1.82, 2.24) is 9.55 Å². The van der Waals surface area contributed by atoms with Crippen LogP contribution in [0.3, 0.4) is 0 Å². The molecule has 0 N–H and O–H groups in total. The summed E-state index contributed by atoms with van der Waals surface area (Å²) in [5.74, 6) is 0. The monoisotopic (exact) mass is 269 g/mol. The van der Waals surface area contributed by atoms with E-state index in [2.05, 4.69) is 4.98 Å². The highest BCUT2D eigenvalue weighted by atomic mass is 16.6. The normalized spacial score (nSPS) is 15.3. The Morgan fingerprint density at radius 2 is 2.15 bits per heavy atom. The van der Waals surface area contributed by atoms with Crippen molar-refractivity contribution in [2.45, 2.75) is 25.3 Å². The van der Waals surface area contributed by atoms with Crippen molar-refractivity contribution < 1.29 is 4.92 Å². The van der Waals surface area contributed by atoms with Crippen LogP contribution in [0.1, 0.15) is 30.1 Å². The van der Waals surface area contributed by atoms with E-state index in [1.807, 2.05) is 34.9 Å². The average molecular weight is 269 g/mol. The van der Waals surface area contributed by atoms with Crippen molar-refractivity contribution in [1.29, 1.82) is 0 Å². The van der Waals surface area contributed by atoms with Crippen molar-refractivity contribution in [2.75, 3.05) is 0 Å². The number of allylic oxidation sites excluding steroid dienone is 1. The van der Waals surface area contributed by atoms with Gasteiger partial charge in [0.05, 0.1) is 29.6 Å². The van der Waals surface area contributed by atoms with Gasteiger partial charge in [-0.2, -0.15) is 0 Å². The zero-order valence-electron chi connectivity index (χ0n) is 11.0. The number of hydrogen-bond donors (Lipinski definition) is 0. The first kappa shape index (κ1) is 12.6. The lowest BCUT2D eigenvalue weighted by Crippen LogP contribution is -2.04. The molecule has 3 rings (SSSR count). The van der Waals surface area contributed by atoms with Gasteiger partial charge in [0.25, 0.3) is 5.70 Å². The molecule has 2 aromatic rings. The molecule has 1 aromatic carbocycles. The van der Waals surface area contributed by atoms with E-state index in [9.17, 15) is 10.1 Å². The lowest BCUT2D eigenvalue weighted by Gasteiger charge is -2.03. The van der Waals surface area contributed by atoms with E-state index < -0.39 is 0 Å². The predicted molar refractivity (Wildman–Crippen MR) is 75.6 cm³/mol. The van der Waals surface area contributed by atoms with Crippen LogP contribution in [0.25, 0.3) is 6.08 Å². The van der Waals surface area contributed by atoms with Gasteiger partial charge >= 0.3 is 0 Å². The highest BCUT2D eigenvalue weighted by molar-refractivity contribution is 5.48. The Bertz CT molecular complexity index is 642. The minimum Gasteiger partial charge on any atom is -0.328 e. The number of nitrogens with zero attached hydrogens (tertiary/aromatic N) is 3. The van der Waals surface area contributed by atoms with Crippen molar-refractivity contribution in [2.24, 2.45) is 0 Å². The Balaban J connectivity index is 1.88. The summed E-state index contributed by atoms with van der Waals surface area (Å²) in [6.45, 7) is 0. The van der Waals surface area contributed by atoms with E-state index in [4.69, 9.17) is 0 Å². The molecule has 1 aliphatic carbocycles. The summed E-state index contributed by atoms with van der Waals surface area (Å²) >= 11 is 0. The van der Waals surface area contributed by atoms with Crippen LogP contribution in [-0.2, 0) is 6.42 Å². The summed E-state index contributed by atoms with van der Waals surface area (Å²) in [6, 6.07) is 9.95. The zero-order valence-corrected chi connectivity index (χ0v) is 11.0. The van der Waals surface area contributed by atoms with Gasteiger partial charge in [0, 0.05) is 12.1 Å². The van der Waals surface area contributed by atoms with Gasteiger partial charge in [-0.15, -0.1) is 0 Å². The second-order valence-corrected chi connectivity index (χ2v) is 5.01. The third kappa shape index (κ3) is 2.77. The van der Waals surface area contributed by atoms with Crippen LogP contribution in [-0.4, -0.2) is 14.5 Å². The minimum atomic E-state index is -0.308. The Hall–Kier alpha value is -2.43.